The number of benzene rings is 2. The number of hydrogen-bond donors (Lipinski definition) is 3. The van der Waals surface area contributed by atoms with Crippen LogP contribution in [0.3, 0.4) is 0 Å². The van der Waals surface area contributed by atoms with Crippen molar-refractivity contribution in [3.63, 3.8) is 0 Å². The molecule has 12 heteroatoms. The molecule has 34 heavy (non-hydrogen) atoms. The molecule has 4 rings (SSSR count). The van der Waals surface area contributed by atoms with Gasteiger partial charge in [-0.1, -0.05) is 12.1 Å². The Bertz CT molecular complexity index is 1400. The Labute approximate surface area is 194 Å². The molecule has 1 aliphatic rings. The van der Waals surface area contributed by atoms with E-state index in [1.54, 1.807) is 17.0 Å². The van der Waals surface area contributed by atoms with Crippen LogP contribution in [-0.2, 0) is 14.6 Å². The van der Waals surface area contributed by atoms with Crippen LogP contribution in [0, 0.1) is 5.82 Å². The molecule has 1 aromatic heterocycles. The smallest absolute Gasteiger partial charge is 0.254 e. The molecule has 0 spiro atoms. The predicted octanol–water partition coefficient (Wildman–Crippen LogP) is 2.73. The van der Waals surface area contributed by atoms with E-state index in [1.165, 1.54) is 30.3 Å². The van der Waals surface area contributed by atoms with Gasteiger partial charge in [-0.3, -0.25) is 9.59 Å². The number of para-hydroxylation sites is 1. The number of primary amides is 1. The molecule has 2 aromatic carbocycles. The lowest BCUT2D eigenvalue weighted by Crippen LogP contribution is -2.23. The zero-order valence-electron chi connectivity index (χ0n) is 18.1. The van der Waals surface area contributed by atoms with Gasteiger partial charge in [-0.15, -0.1) is 0 Å². The fourth-order valence-corrected chi connectivity index (χ4v) is 4.40. The lowest BCUT2D eigenvalue weighted by Gasteiger charge is -2.17. The van der Waals surface area contributed by atoms with Gasteiger partial charge in [0.25, 0.3) is 5.91 Å². The molecule has 1 saturated heterocycles. The fourth-order valence-electron chi connectivity index (χ4n) is 3.56. The van der Waals surface area contributed by atoms with E-state index < -0.39 is 21.6 Å². The fraction of sp³-hybridized carbons (Fsp3) is 0.182. The first kappa shape index (κ1) is 23.1. The number of amides is 2. The summed E-state index contributed by atoms with van der Waals surface area (Å²) in [6, 6.07) is 10.3. The van der Waals surface area contributed by atoms with Gasteiger partial charge in [0.2, 0.25) is 11.9 Å². The summed E-state index contributed by atoms with van der Waals surface area (Å²) in [5.41, 5.74) is 6.06. The highest BCUT2D eigenvalue weighted by atomic mass is 32.2. The summed E-state index contributed by atoms with van der Waals surface area (Å²) in [7, 11) is -3.59. The molecular weight excluding hydrogens is 463 g/mol. The van der Waals surface area contributed by atoms with Gasteiger partial charge >= 0.3 is 0 Å². The van der Waals surface area contributed by atoms with Crippen LogP contribution >= 0.6 is 0 Å². The van der Waals surface area contributed by atoms with E-state index >= 15 is 0 Å². The van der Waals surface area contributed by atoms with Crippen LogP contribution in [0.4, 0.5) is 33.2 Å². The van der Waals surface area contributed by atoms with Crippen molar-refractivity contribution < 1.29 is 22.4 Å². The quantitative estimate of drug-likeness (QED) is 0.464. The lowest BCUT2D eigenvalue weighted by molar-refractivity contribution is -0.117. The van der Waals surface area contributed by atoms with Crippen LogP contribution in [-0.4, -0.2) is 43.0 Å². The van der Waals surface area contributed by atoms with Crippen LogP contribution in [0.2, 0.25) is 0 Å². The number of carbonyl (C=O) groups excluding carboxylic acids is 2. The molecular formula is C22H21FN6O4S. The van der Waals surface area contributed by atoms with Crippen molar-refractivity contribution in [1.82, 2.24) is 9.97 Å². The van der Waals surface area contributed by atoms with Crippen molar-refractivity contribution >= 4 is 50.5 Å². The summed E-state index contributed by atoms with van der Waals surface area (Å²) in [6.07, 6.45) is 3.35. The Morgan fingerprint density at radius 3 is 2.59 bits per heavy atom. The van der Waals surface area contributed by atoms with Gasteiger partial charge in [-0.05, 0) is 36.8 Å². The highest BCUT2D eigenvalue weighted by molar-refractivity contribution is 7.90. The van der Waals surface area contributed by atoms with Gasteiger partial charge in [-0.25, -0.2) is 17.8 Å². The van der Waals surface area contributed by atoms with Crippen molar-refractivity contribution in [2.24, 2.45) is 5.73 Å². The van der Waals surface area contributed by atoms with E-state index in [4.69, 9.17) is 5.73 Å². The third-order valence-electron chi connectivity index (χ3n) is 5.18. The van der Waals surface area contributed by atoms with E-state index in [2.05, 4.69) is 20.6 Å². The van der Waals surface area contributed by atoms with Gasteiger partial charge < -0.3 is 21.3 Å². The summed E-state index contributed by atoms with van der Waals surface area (Å²) < 4.78 is 38.8. The molecule has 0 radical (unpaired) electrons. The largest absolute Gasteiger partial charge is 0.365 e. The highest BCUT2D eigenvalue weighted by Gasteiger charge is 2.23. The molecule has 0 saturated carbocycles. The second-order valence-corrected chi connectivity index (χ2v) is 9.64. The number of rotatable bonds is 7. The maximum Gasteiger partial charge on any atom is 0.254 e. The zero-order valence-corrected chi connectivity index (χ0v) is 18.9. The third kappa shape index (κ3) is 4.81. The van der Waals surface area contributed by atoms with Crippen molar-refractivity contribution in [1.29, 1.82) is 0 Å². The summed E-state index contributed by atoms with van der Waals surface area (Å²) in [4.78, 5) is 33.7. The molecule has 0 unspecified atom stereocenters. The first-order valence-electron chi connectivity index (χ1n) is 10.2. The minimum absolute atomic E-state index is 0.00688. The van der Waals surface area contributed by atoms with Gasteiger partial charge in [0.15, 0.2) is 9.84 Å². The topological polar surface area (TPSA) is 147 Å². The number of sulfone groups is 1. The van der Waals surface area contributed by atoms with E-state index in [-0.39, 0.29) is 39.5 Å². The van der Waals surface area contributed by atoms with Crippen molar-refractivity contribution in [3.8, 4) is 0 Å². The number of anilines is 5. The average molecular weight is 485 g/mol. The lowest BCUT2D eigenvalue weighted by atomic mass is 10.2. The Kier molecular flexibility index (Phi) is 6.16. The van der Waals surface area contributed by atoms with E-state index in [0.717, 1.165) is 18.9 Å². The first-order valence-corrected chi connectivity index (χ1v) is 12.1. The maximum absolute atomic E-state index is 14.5. The van der Waals surface area contributed by atoms with Gasteiger partial charge in [-0.2, -0.15) is 4.98 Å². The van der Waals surface area contributed by atoms with Gasteiger partial charge in [0.1, 0.15) is 17.2 Å². The Hall–Kier alpha value is -4.06. The molecule has 1 fully saturated rings. The standard InChI is InChI=1S/C22H21FN6O4S/c1-34(32,33)18-6-3-2-5-16(18)26-21-14(20(24)31)12-25-22(28-21)27-17-11-13(8-9-15(17)23)29-10-4-7-19(29)30/h2-3,5-6,8-9,11-12H,4,7,10H2,1H3,(H2,24,31)(H2,25,26,27,28). The van der Waals surface area contributed by atoms with Crippen LogP contribution in [0.1, 0.15) is 23.2 Å². The molecule has 4 N–H and O–H groups in total. The number of nitrogens with zero attached hydrogens (tertiary/aromatic N) is 3. The Balaban J connectivity index is 1.69. The van der Waals surface area contributed by atoms with E-state index in [9.17, 15) is 22.4 Å². The number of aromatic nitrogens is 2. The molecule has 0 atom stereocenters. The van der Waals surface area contributed by atoms with Crippen LogP contribution in [0.5, 0.6) is 0 Å². The first-order chi connectivity index (χ1) is 16.1. The van der Waals surface area contributed by atoms with E-state index in [1.807, 2.05) is 0 Å². The van der Waals surface area contributed by atoms with Crippen molar-refractivity contribution in [2.75, 3.05) is 28.3 Å². The second-order valence-electron chi connectivity index (χ2n) is 7.65. The maximum atomic E-state index is 14.5. The average Bonchev–Trinajstić information content (AvgIpc) is 3.21. The van der Waals surface area contributed by atoms with Crippen LogP contribution in [0.15, 0.2) is 53.6 Å². The predicted molar refractivity (Wildman–Crippen MR) is 125 cm³/mol. The van der Waals surface area contributed by atoms with Crippen molar-refractivity contribution in [2.45, 2.75) is 17.7 Å². The minimum Gasteiger partial charge on any atom is -0.365 e. The zero-order chi connectivity index (χ0) is 24.5. The highest BCUT2D eigenvalue weighted by Crippen LogP contribution is 2.29. The molecule has 176 valence electrons. The number of nitrogens with one attached hydrogen (secondary N) is 2. The monoisotopic (exact) mass is 484 g/mol. The summed E-state index contributed by atoms with van der Waals surface area (Å²) in [5, 5.41) is 5.56. The summed E-state index contributed by atoms with van der Waals surface area (Å²) in [6.45, 7) is 0.543. The summed E-state index contributed by atoms with van der Waals surface area (Å²) in [5.74, 6) is -1.63. The normalized spacial score (nSPS) is 13.7. The van der Waals surface area contributed by atoms with E-state index in [0.29, 0.717) is 18.7 Å². The SMILES string of the molecule is CS(=O)(=O)c1ccccc1Nc1nc(Nc2cc(N3CCCC3=O)ccc2F)ncc1C(N)=O. The molecule has 1 aliphatic heterocycles. The van der Waals surface area contributed by atoms with Crippen molar-refractivity contribution in [3.05, 3.63) is 60.0 Å². The number of halogens is 1. The Morgan fingerprint density at radius 2 is 1.91 bits per heavy atom. The molecule has 10 nitrogen and oxygen atoms in total. The third-order valence-corrected chi connectivity index (χ3v) is 6.33. The van der Waals surface area contributed by atoms with Crippen LogP contribution in [0.25, 0.3) is 0 Å². The van der Waals surface area contributed by atoms with Gasteiger partial charge in [0.05, 0.1) is 16.3 Å². The number of nitrogens with two attached hydrogens (primary N) is 1. The molecule has 0 bridgehead atoms. The number of hydrogen-bond acceptors (Lipinski definition) is 8. The van der Waals surface area contributed by atoms with Crippen LogP contribution < -0.4 is 21.3 Å². The molecule has 2 heterocycles. The molecule has 0 aliphatic carbocycles. The number of carbonyl (C=O) groups is 2. The van der Waals surface area contributed by atoms with Gasteiger partial charge in [0, 0.05) is 31.1 Å². The second kappa shape index (κ2) is 9.06. The summed E-state index contributed by atoms with van der Waals surface area (Å²) >= 11 is 0. The Morgan fingerprint density at radius 1 is 1.15 bits per heavy atom. The minimum atomic E-state index is -3.59. The molecule has 3 aromatic rings. The molecule has 2 amide bonds.